The summed E-state index contributed by atoms with van der Waals surface area (Å²) in [6.07, 6.45) is 7.96. The minimum atomic E-state index is -0.0914. The van der Waals surface area contributed by atoms with Crippen molar-refractivity contribution in [3.05, 3.63) is 18.7 Å². The first-order valence-electron chi connectivity index (χ1n) is 5.22. The predicted octanol–water partition coefficient (Wildman–Crippen LogP) is 0.698. The third-order valence-electron chi connectivity index (χ3n) is 2.83. The Bertz CT molecular complexity index is 319. The smallest absolute Gasteiger partial charge is 0.329 e. The van der Waals surface area contributed by atoms with Gasteiger partial charge in [0.15, 0.2) is 0 Å². The summed E-state index contributed by atoms with van der Waals surface area (Å²) in [6.45, 7) is 0.415. The number of aromatic nitrogens is 2. The van der Waals surface area contributed by atoms with E-state index in [0.717, 1.165) is 12.8 Å². The molecule has 1 saturated carbocycles. The number of aliphatic hydroxyl groups is 1. The molecule has 5 nitrogen and oxygen atoms in total. The van der Waals surface area contributed by atoms with Crippen LogP contribution in [0.5, 0.6) is 0 Å². The second kappa shape index (κ2) is 4.44. The van der Waals surface area contributed by atoms with E-state index in [1.54, 1.807) is 17.3 Å². The molecule has 0 spiro atoms. The lowest BCUT2D eigenvalue weighted by Crippen LogP contribution is -2.47. The van der Waals surface area contributed by atoms with Crippen molar-refractivity contribution < 1.29 is 9.90 Å². The largest absolute Gasteiger partial charge is 0.395 e. The fourth-order valence-corrected chi connectivity index (χ4v) is 1.76. The zero-order valence-corrected chi connectivity index (χ0v) is 8.54. The molecule has 0 aromatic carbocycles. The highest BCUT2D eigenvalue weighted by atomic mass is 16.3. The van der Waals surface area contributed by atoms with Crippen LogP contribution in [-0.2, 0) is 0 Å². The number of nitrogens with zero attached hydrogens (tertiary/aromatic N) is 3. The van der Waals surface area contributed by atoms with E-state index in [4.69, 9.17) is 5.11 Å². The number of carbonyl (C=O) groups excluding carboxylic acids is 1. The van der Waals surface area contributed by atoms with E-state index in [2.05, 4.69) is 4.98 Å². The van der Waals surface area contributed by atoms with Gasteiger partial charge in [0.25, 0.3) is 0 Å². The van der Waals surface area contributed by atoms with Gasteiger partial charge in [-0.3, -0.25) is 4.57 Å². The second-order valence-electron chi connectivity index (χ2n) is 3.75. The van der Waals surface area contributed by atoms with Crippen LogP contribution in [0.3, 0.4) is 0 Å². The fourth-order valence-electron chi connectivity index (χ4n) is 1.76. The van der Waals surface area contributed by atoms with Crippen molar-refractivity contribution in [1.82, 2.24) is 14.5 Å². The summed E-state index contributed by atoms with van der Waals surface area (Å²) in [6, 6.07) is 0.207. The van der Waals surface area contributed by atoms with Gasteiger partial charge in [-0.25, -0.2) is 9.78 Å². The van der Waals surface area contributed by atoms with Gasteiger partial charge < -0.3 is 10.0 Å². The first kappa shape index (κ1) is 10.2. The van der Waals surface area contributed by atoms with Crippen molar-refractivity contribution in [3.63, 3.8) is 0 Å². The van der Waals surface area contributed by atoms with Crippen molar-refractivity contribution in [2.75, 3.05) is 13.2 Å². The van der Waals surface area contributed by atoms with Crippen molar-refractivity contribution in [2.45, 2.75) is 25.3 Å². The maximum Gasteiger partial charge on any atom is 0.329 e. The van der Waals surface area contributed by atoms with Crippen molar-refractivity contribution in [1.29, 1.82) is 0 Å². The molecule has 1 fully saturated rings. The molecule has 5 heteroatoms. The lowest BCUT2D eigenvalue weighted by Gasteiger charge is -2.36. The minimum Gasteiger partial charge on any atom is -0.395 e. The molecule has 0 atom stereocenters. The zero-order valence-electron chi connectivity index (χ0n) is 8.54. The molecule has 0 radical (unpaired) electrons. The van der Waals surface area contributed by atoms with Crippen LogP contribution in [0.4, 0.5) is 4.79 Å². The predicted molar refractivity (Wildman–Crippen MR) is 54.5 cm³/mol. The Labute approximate surface area is 88.3 Å². The van der Waals surface area contributed by atoms with Crippen molar-refractivity contribution in [3.8, 4) is 0 Å². The molecule has 0 bridgehead atoms. The summed E-state index contributed by atoms with van der Waals surface area (Å²) in [5.74, 6) is 0. The standard InChI is InChI=1S/C10H15N3O2/c14-7-6-13(9-2-1-3-9)10(15)12-5-4-11-8-12/h4-5,8-9,14H,1-3,6-7H2. The van der Waals surface area contributed by atoms with Gasteiger partial charge >= 0.3 is 6.03 Å². The first-order valence-corrected chi connectivity index (χ1v) is 5.22. The molecular weight excluding hydrogens is 194 g/mol. The van der Waals surface area contributed by atoms with Crippen LogP contribution < -0.4 is 0 Å². The molecule has 0 saturated heterocycles. The number of imidazole rings is 1. The summed E-state index contributed by atoms with van der Waals surface area (Å²) in [4.78, 5) is 17.5. The van der Waals surface area contributed by atoms with Gasteiger partial charge in [0.1, 0.15) is 6.33 Å². The van der Waals surface area contributed by atoms with E-state index < -0.39 is 0 Å². The third-order valence-corrected chi connectivity index (χ3v) is 2.83. The van der Waals surface area contributed by atoms with Crippen LogP contribution in [0.2, 0.25) is 0 Å². The molecule has 1 amide bonds. The number of aliphatic hydroxyl groups excluding tert-OH is 1. The molecule has 2 rings (SSSR count). The lowest BCUT2D eigenvalue weighted by molar-refractivity contribution is 0.119. The molecular formula is C10H15N3O2. The monoisotopic (exact) mass is 209 g/mol. The number of hydrogen-bond acceptors (Lipinski definition) is 3. The lowest BCUT2D eigenvalue weighted by atomic mass is 9.92. The summed E-state index contributed by atoms with van der Waals surface area (Å²) in [7, 11) is 0. The molecule has 1 aliphatic rings. The molecule has 15 heavy (non-hydrogen) atoms. The Hall–Kier alpha value is -1.36. The van der Waals surface area contributed by atoms with Crippen LogP contribution in [0.1, 0.15) is 19.3 Å². The molecule has 1 aromatic rings. The summed E-state index contributed by atoms with van der Waals surface area (Å²) in [5, 5.41) is 8.93. The fraction of sp³-hybridized carbons (Fsp3) is 0.600. The number of amides is 1. The Balaban J connectivity index is 2.06. The Morgan fingerprint density at radius 1 is 1.60 bits per heavy atom. The highest BCUT2D eigenvalue weighted by Crippen LogP contribution is 2.25. The summed E-state index contributed by atoms with van der Waals surface area (Å²) >= 11 is 0. The van der Waals surface area contributed by atoms with E-state index in [1.807, 2.05) is 0 Å². The zero-order chi connectivity index (χ0) is 10.7. The van der Waals surface area contributed by atoms with Crippen molar-refractivity contribution in [2.24, 2.45) is 0 Å². The van der Waals surface area contributed by atoms with E-state index in [0.29, 0.717) is 12.6 Å². The van der Waals surface area contributed by atoms with Gasteiger partial charge in [-0.15, -0.1) is 0 Å². The highest BCUT2D eigenvalue weighted by molar-refractivity contribution is 5.77. The van der Waals surface area contributed by atoms with Crippen LogP contribution in [0.15, 0.2) is 18.7 Å². The van der Waals surface area contributed by atoms with Gasteiger partial charge in [-0.2, -0.15) is 0 Å². The molecule has 0 unspecified atom stereocenters. The third kappa shape index (κ3) is 2.02. The average molecular weight is 209 g/mol. The van der Waals surface area contributed by atoms with Gasteiger partial charge in [0, 0.05) is 25.0 Å². The van der Waals surface area contributed by atoms with Crippen LogP contribution in [0.25, 0.3) is 0 Å². The van der Waals surface area contributed by atoms with E-state index in [1.165, 1.54) is 17.3 Å². The summed E-state index contributed by atoms with van der Waals surface area (Å²) < 4.78 is 1.45. The van der Waals surface area contributed by atoms with E-state index in [-0.39, 0.29) is 12.6 Å². The quantitative estimate of drug-likeness (QED) is 0.797. The maximum absolute atomic E-state index is 12.0. The van der Waals surface area contributed by atoms with Crippen LogP contribution in [0, 0.1) is 0 Å². The molecule has 1 N–H and O–H groups in total. The van der Waals surface area contributed by atoms with Gasteiger partial charge in [0.05, 0.1) is 6.61 Å². The number of hydrogen-bond donors (Lipinski definition) is 1. The number of carbonyl (C=O) groups is 1. The molecule has 1 heterocycles. The summed E-state index contributed by atoms with van der Waals surface area (Å²) in [5.41, 5.74) is 0. The molecule has 1 aromatic heterocycles. The topological polar surface area (TPSA) is 58.4 Å². The molecule has 82 valence electrons. The van der Waals surface area contributed by atoms with E-state index >= 15 is 0 Å². The minimum absolute atomic E-state index is 0.0109. The van der Waals surface area contributed by atoms with Gasteiger partial charge in [-0.1, -0.05) is 0 Å². The highest BCUT2D eigenvalue weighted by Gasteiger charge is 2.28. The second-order valence-corrected chi connectivity index (χ2v) is 3.75. The Morgan fingerprint density at radius 3 is 2.87 bits per heavy atom. The SMILES string of the molecule is O=C(N(CCO)C1CCC1)n1ccnc1. The average Bonchev–Trinajstić information content (AvgIpc) is 2.66. The first-order chi connectivity index (χ1) is 7.33. The van der Waals surface area contributed by atoms with Crippen LogP contribution >= 0.6 is 0 Å². The molecule has 1 aliphatic carbocycles. The maximum atomic E-state index is 12.0. The van der Waals surface area contributed by atoms with Gasteiger partial charge in [0.2, 0.25) is 0 Å². The Kier molecular flexibility index (Phi) is 3.01. The normalized spacial score (nSPS) is 16.1. The van der Waals surface area contributed by atoms with Gasteiger partial charge in [-0.05, 0) is 19.3 Å². The van der Waals surface area contributed by atoms with Crippen LogP contribution in [-0.4, -0.2) is 44.8 Å². The number of rotatable bonds is 3. The molecule has 0 aliphatic heterocycles. The van der Waals surface area contributed by atoms with Crippen molar-refractivity contribution >= 4 is 6.03 Å². The Morgan fingerprint density at radius 2 is 2.40 bits per heavy atom. The van der Waals surface area contributed by atoms with E-state index in [9.17, 15) is 4.79 Å².